The first-order valence-corrected chi connectivity index (χ1v) is 22.1. The molecular weight excluding hydrogens is 809 g/mol. The van der Waals surface area contributed by atoms with Crippen molar-refractivity contribution in [3.05, 3.63) is 99.7 Å². The molecule has 0 unspecified atom stereocenters. The molecule has 1 saturated carbocycles. The first kappa shape index (κ1) is 40.4. The molecule has 7 rings (SSSR count). The predicted molar refractivity (Wildman–Crippen MR) is 219 cm³/mol. The van der Waals surface area contributed by atoms with Gasteiger partial charge in [-0.05, 0) is 57.6 Å². The molecule has 2 aliphatic heterocycles. The number of esters is 1. The van der Waals surface area contributed by atoms with Crippen molar-refractivity contribution < 1.29 is 33.5 Å². The summed E-state index contributed by atoms with van der Waals surface area (Å²) in [5, 5.41) is 22.5. The first-order valence-electron chi connectivity index (χ1n) is 18.2. The topological polar surface area (TPSA) is 190 Å². The minimum absolute atomic E-state index is 0.132. The largest absolute Gasteiger partial charge is 0.448 e. The molecule has 19 heteroatoms. The van der Waals surface area contributed by atoms with Crippen LogP contribution < -0.4 is 10.6 Å². The van der Waals surface area contributed by atoms with E-state index >= 15 is 0 Å². The molecule has 4 aromatic rings. The Balaban J connectivity index is 1.12. The van der Waals surface area contributed by atoms with Gasteiger partial charge in [-0.15, -0.1) is 40.0 Å². The molecule has 1 aliphatic carbocycles. The van der Waals surface area contributed by atoms with E-state index < -0.39 is 47.0 Å². The maximum absolute atomic E-state index is 14.4. The zero-order chi connectivity index (χ0) is 39.9. The van der Waals surface area contributed by atoms with E-state index in [4.69, 9.17) is 14.3 Å². The molecule has 2 fully saturated rings. The van der Waals surface area contributed by atoms with Crippen molar-refractivity contribution in [2.75, 3.05) is 16.2 Å². The maximum Gasteiger partial charge on any atom is 0.413 e. The molecule has 2 atom stereocenters. The predicted octanol–water partition coefficient (Wildman–Crippen LogP) is 6.70. The van der Waals surface area contributed by atoms with E-state index in [9.17, 15) is 19.2 Å². The van der Waals surface area contributed by atoms with Crippen molar-refractivity contribution >= 4 is 81.3 Å². The summed E-state index contributed by atoms with van der Waals surface area (Å²) in [7, 11) is 0. The number of amides is 3. The summed E-state index contributed by atoms with van der Waals surface area (Å²) >= 11 is 5.36. The summed E-state index contributed by atoms with van der Waals surface area (Å²) in [5.74, 6) is -1.45. The van der Waals surface area contributed by atoms with Crippen molar-refractivity contribution in [3.8, 4) is 0 Å². The number of thiazole rings is 1. The monoisotopic (exact) mass is 848 g/mol. The van der Waals surface area contributed by atoms with Gasteiger partial charge in [0.25, 0.3) is 11.8 Å². The Bertz CT molecular complexity index is 2080. The first-order chi connectivity index (χ1) is 27.5. The number of carbonyl (C=O) groups is 4. The molecule has 298 valence electrons. The van der Waals surface area contributed by atoms with Gasteiger partial charge in [0, 0.05) is 16.0 Å². The van der Waals surface area contributed by atoms with Gasteiger partial charge in [-0.2, -0.15) is 0 Å². The van der Waals surface area contributed by atoms with Crippen LogP contribution in [0.4, 0.5) is 9.93 Å². The van der Waals surface area contributed by atoms with Crippen molar-refractivity contribution in [3.63, 3.8) is 0 Å². The van der Waals surface area contributed by atoms with E-state index in [-0.39, 0.29) is 28.3 Å². The number of β-lactam (4-membered cyclic amide) rings is 1. The highest BCUT2D eigenvalue weighted by Gasteiger charge is 2.55. The van der Waals surface area contributed by atoms with E-state index in [0.717, 1.165) is 48.1 Å². The van der Waals surface area contributed by atoms with Gasteiger partial charge in [0.15, 0.2) is 16.9 Å². The number of ether oxygens (including phenoxy) is 2. The number of rotatable bonds is 14. The molecule has 4 heterocycles. The fourth-order valence-corrected chi connectivity index (χ4v) is 10.5. The number of aromatic amines is 1. The summed E-state index contributed by atoms with van der Waals surface area (Å²) in [6.07, 6.45) is 3.66. The lowest BCUT2D eigenvalue weighted by Crippen LogP contribution is -2.71. The van der Waals surface area contributed by atoms with Gasteiger partial charge in [-0.1, -0.05) is 82.8 Å². The lowest BCUT2D eigenvalue weighted by Gasteiger charge is -2.49. The Hall–Kier alpha value is -4.85. The molecule has 1 saturated heterocycles. The number of hydrogen-bond acceptors (Lipinski definition) is 15. The number of carbonyl (C=O) groups excluding carboxylic acids is 4. The number of hydrogen-bond donors (Lipinski definition) is 3. The van der Waals surface area contributed by atoms with E-state index in [2.05, 4.69) is 36.2 Å². The molecular formula is C38H40N8O7S4. The van der Waals surface area contributed by atoms with Crippen LogP contribution in [0.15, 0.2) is 93.0 Å². The molecule has 0 bridgehead atoms. The average Bonchev–Trinajstić information content (AvgIpc) is 4.01. The van der Waals surface area contributed by atoms with Gasteiger partial charge in [0.05, 0.1) is 11.3 Å². The van der Waals surface area contributed by atoms with Crippen LogP contribution in [0.3, 0.4) is 0 Å². The minimum Gasteiger partial charge on any atom is -0.448 e. The summed E-state index contributed by atoms with van der Waals surface area (Å²) in [4.78, 5) is 67.2. The summed E-state index contributed by atoms with van der Waals surface area (Å²) in [6.45, 7) is 5.24. The Morgan fingerprint density at radius 3 is 2.39 bits per heavy atom. The second kappa shape index (κ2) is 18.2. The van der Waals surface area contributed by atoms with Gasteiger partial charge in [0.2, 0.25) is 0 Å². The number of thioether (sulfide) groups is 3. The highest BCUT2D eigenvalue weighted by atomic mass is 32.2. The quantitative estimate of drug-likeness (QED) is 0.0304. The number of fused-ring (bicyclic) bond motifs is 1. The van der Waals surface area contributed by atoms with Gasteiger partial charge in [0.1, 0.15) is 39.5 Å². The van der Waals surface area contributed by atoms with Gasteiger partial charge < -0.3 is 19.6 Å². The van der Waals surface area contributed by atoms with Crippen LogP contribution in [0.1, 0.15) is 69.4 Å². The van der Waals surface area contributed by atoms with E-state index in [1.54, 1.807) is 32.3 Å². The molecule has 3 N–H and O–H groups in total. The number of benzene rings is 2. The van der Waals surface area contributed by atoms with Crippen molar-refractivity contribution in [1.82, 2.24) is 30.6 Å². The molecule has 0 radical (unpaired) electrons. The number of oxime groups is 1. The fourth-order valence-electron chi connectivity index (χ4n) is 6.23. The van der Waals surface area contributed by atoms with E-state index in [1.807, 2.05) is 60.7 Å². The number of anilines is 1. The second-order valence-electron chi connectivity index (χ2n) is 14.1. The molecule has 2 aromatic heterocycles. The highest BCUT2D eigenvalue weighted by molar-refractivity contribution is 8.18. The summed E-state index contributed by atoms with van der Waals surface area (Å²) in [5.41, 5.74) is 0.961. The fraction of sp³-hybridized carbons (Fsp3) is 0.368. The van der Waals surface area contributed by atoms with Crippen LogP contribution in [0.5, 0.6) is 0 Å². The number of nitrogens with one attached hydrogen (secondary N) is 3. The highest BCUT2D eigenvalue weighted by Crippen LogP contribution is 2.45. The Morgan fingerprint density at radius 2 is 1.74 bits per heavy atom. The number of nitrogens with zero attached hydrogens (tertiary/aromatic N) is 5. The Labute approximate surface area is 345 Å². The van der Waals surface area contributed by atoms with Gasteiger partial charge >= 0.3 is 12.1 Å². The normalized spacial score (nSPS) is 18.6. The second-order valence-corrected chi connectivity index (χ2v) is 18.5. The van der Waals surface area contributed by atoms with E-state index in [1.165, 1.54) is 40.2 Å². The minimum atomic E-state index is -0.991. The van der Waals surface area contributed by atoms with Crippen LogP contribution in [-0.4, -0.2) is 88.8 Å². The Kier molecular flexibility index (Phi) is 12.9. The zero-order valence-electron chi connectivity index (χ0n) is 31.2. The zero-order valence-corrected chi connectivity index (χ0v) is 34.5. The third-order valence-corrected chi connectivity index (χ3v) is 13.2. The van der Waals surface area contributed by atoms with Crippen LogP contribution in [-0.2, 0) is 28.7 Å². The average molecular weight is 849 g/mol. The van der Waals surface area contributed by atoms with Crippen LogP contribution in [0.2, 0.25) is 0 Å². The molecule has 2 aromatic carbocycles. The van der Waals surface area contributed by atoms with Gasteiger partial charge in [-0.25, -0.2) is 14.6 Å². The number of H-pyrrole nitrogens is 1. The smallest absolute Gasteiger partial charge is 0.413 e. The SMILES string of the molecule is CC(C)(C)OC(=O)Nc1nc(/C(=N/OC2CCCC2)C(=O)N[C@@H]2C(=O)N3C(C(=O)OC(c4ccccc4)c4ccccc4)=C(SCSc4c[nH]nn4)CS[C@H]23)cs1. The molecule has 3 amide bonds. The lowest BCUT2D eigenvalue weighted by molar-refractivity contribution is -0.154. The molecule has 3 aliphatic rings. The van der Waals surface area contributed by atoms with Crippen LogP contribution in [0.25, 0.3) is 0 Å². The maximum atomic E-state index is 14.4. The van der Waals surface area contributed by atoms with Gasteiger partial charge in [-0.3, -0.25) is 24.9 Å². The third-order valence-electron chi connectivity index (χ3n) is 8.84. The van der Waals surface area contributed by atoms with Crippen LogP contribution >= 0.6 is 46.6 Å². The van der Waals surface area contributed by atoms with Crippen LogP contribution in [0, 0.1) is 0 Å². The van der Waals surface area contributed by atoms with E-state index in [0.29, 0.717) is 20.8 Å². The Morgan fingerprint density at radius 1 is 1.04 bits per heavy atom. The van der Waals surface area contributed by atoms with Crippen molar-refractivity contribution in [1.29, 1.82) is 0 Å². The standard InChI is InChI=1S/C38H40N8O7S4/c1-38(2,3)52-37(50)42-36-40-25(19-55-36)28(44-53-24-16-10-11-17-24)32(47)41-29-33(48)46-30(26(20-54-34(29)46)56-21-57-27-18-39-45-43-27)35(49)51-31(22-12-6-4-7-13-22)23-14-8-5-9-15-23/h4-9,12-15,18-19,24,29,31,34H,10-11,16-17,20-21H2,1-3H3,(H,41,47)(H,39,43,45)(H,40,42,50)/b44-28-/t29-,34-/m1/s1. The third kappa shape index (κ3) is 10.0. The summed E-state index contributed by atoms with van der Waals surface area (Å²) in [6, 6.07) is 17.8. The molecule has 0 spiro atoms. The summed E-state index contributed by atoms with van der Waals surface area (Å²) < 4.78 is 11.6. The van der Waals surface area contributed by atoms with Crippen molar-refractivity contribution in [2.45, 2.75) is 80.7 Å². The van der Waals surface area contributed by atoms with Crippen molar-refractivity contribution in [2.24, 2.45) is 5.16 Å². The lowest BCUT2D eigenvalue weighted by atomic mass is 10.0. The number of aromatic nitrogens is 4. The molecule has 57 heavy (non-hydrogen) atoms. The molecule has 15 nitrogen and oxygen atoms in total.